The van der Waals surface area contributed by atoms with Gasteiger partial charge >= 0.3 is 0 Å². The lowest BCUT2D eigenvalue weighted by molar-refractivity contribution is -0.00832. The standard InChI is InChI=1S/C14H26N6O2.C2H4/c1-13(2,11-15-5-7-19(11)9-10-21)17-18-14(3,4)12-16-6-8-20(12)22;1-2/h21-22H,5-10H2,1-4H3;1-2H2. The van der Waals surface area contributed by atoms with E-state index in [-0.39, 0.29) is 6.61 Å². The first kappa shape index (κ1) is 20.2. The Balaban J connectivity index is 0.00000139. The predicted octanol–water partition coefficient (Wildman–Crippen LogP) is 1.61. The molecule has 0 radical (unpaired) electrons. The van der Waals surface area contributed by atoms with Crippen LogP contribution >= 0.6 is 0 Å². The van der Waals surface area contributed by atoms with E-state index in [0.29, 0.717) is 25.5 Å². The van der Waals surface area contributed by atoms with E-state index in [4.69, 9.17) is 5.11 Å². The molecule has 24 heavy (non-hydrogen) atoms. The van der Waals surface area contributed by atoms with E-state index in [9.17, 15) is 5.21 Å². The van der Waals surface area contributed by atoms with Crippen LogP contribution in [-0.2, 0) is 0 Å². The SMILES string of the molecule is C=C.CC(C)(N=NC(C)(C)C1=NCCN1CCO)C1=NCCN1O. The minimum absolute atomic E-state index is 0.0913. The monoisotopic (exact) mass is 338 g/mol. The Bertz CT molecular complexity index is 513. The topological polar surface area (TPSA) is 96.4 Å². The van der Waals surface area contributed by atoms with Crippen molar-refractivity contribution in [2.24, 2.45) is 20.2 Å². The number of β-amino-alcohol motifs (C(OH)–C–C–N with tert-alkyl or cyclic N) is 1. The molecule has 0 atom stereocenters. The maximum absolute atomic E-state index is 9.82. The molecule has 2 aliphatic heterocycles. The van der Waals surface area contributed by atoms with E-state index in [1.54, 1.807) is 0 Å². The molecule has 2 rings (SSSR count). The fourth-order valence-corrected chi connectivity index (χ4v) is 2.69. The highest BCUT2D eigenvalue weighted by Gasteiger charge is 2.36. The Morgan fingerprint density at radius 1 is 1.00 bits per heavy atom. The fourth-order valence-electron chi connectivity index (χ4n) is 2.69. The Morgan fingerprint density at radius 3 is 2.00 bits per heavy atom. The summed E-state index contributed by atoms with van der Waals surface area (Å²) in [5.74, 6) is 1.38. The Morgan fingerprint density at radius 2 is 1.50 bits per heavy atom. The quantitative estimate of drug-likeness (QED) is 0.568. The minimum Gasteiger partial charge on any atom is -0.395 e. The van der Waals surface area contributed by atoms with Gasteiger partial charge in [-0.2, -0.15) is 10.2 Å². The summed E-state index contributed by atoms with van der Waals surface area (Å²) in [6.07, 6.45) is 0. The zero-order valence-electron chi connectivity index (χ0n) is 15.2. The van der Waals surface area contributed by atoms with Crippen LogP contribution in [0, 0.1) is 0 Å². The van der Waals surface area contributed by atoms with Crippen LogP contribution in [0.5, 0.6) is 0 Å². The average Bonchev–Trinajstić information content (AvgIpc) is 3.17. The summed E-state index contributed by atoms with van der Waals surface area (Å²) < 4.78 is 0. The summed E-state index contributed by atoms with van der Waals surface area (Å²) in [6.45, 7) is 16.9. The number of aliphatic imine (C=N–C) groups is 2. The lowest BCUT2D eigenvalue weighted by Crippen LogP contribution is -2.44. The van der Waals surface area contributed by atoms with Gasteiger partial charge in [-0.05, 0) is 27.7 Å². The summed E-state index contributed by atoms with van der Waals surface area (Å²) in [5, 5.41) is 29.0. The molecule has 0 aromatic carbocycles. The molecule has 0 aromatic heterocycles. The number of amidine groups is 2. The van der Waals surface area contributed by atoms with Gasteiger partial charge < -0.3 is 10.0 Å². The second-order valence-electron chi connectivity index (χ2n) is 6.56. The van der Waals surface area contributed by atoms with Crippen molar-refractivity contribution in [3.05, 3.63) is 13.2 Å². The summed E-state index contributed by atoms with van der Waals surface area (Å²) in [7, 11) is 0. The van der Waals surface area contributed by atoms with E-state index in [0.717, 1.165) is 24.0 Å². The molecule has 0 saturated carbocycles. The van der Waals surface area contributed by atoms with Crippen LogP contribution in [-0.4, -0.2) is 82.4 Å². The maximum atomic E-state index is 9.82. The molecular weight excluding hydrogens is 308 g/mol. The van der Waals surface area contributed by atoms with Crippen LogP contribution in [0.3, 0.4) is 0 Å². The lowest BCUT2D eigenvalue weighted by atomic mass is 10.0. The van der Waals surface area contributed by atoms with Crippen molar-refractivity contribution < 1.29 is 10.3 Å². The van der Waals surface area contributed by atoms with Crippen LogP contribution in [0.25, 0.3) is 0 Å². The molecule has 0 amide bonds. The number of hydroxylamine groups is 2. The van der Waals surface area contributed by atoms with Gasteiger partial charge in [0.2, 0.25) is 0 Å². The molecule has 0 aromatic rings. The van der Waals surface area contributed by atoms with Gasteiger partial charge in [-0.1, -0.05) is 0 Å². The van der Waals surface area contributed by atoms with Gasteiger partial charge in [-0.15, -0.1) is 13.2 Å². The highest BCUT2D eigenvalue weighted by molar-refractivity contribution is 5.93. The highest BCUT2D eigenvalue weighted by Crippen LogP contribution is 2.24. The summed E-state index contributed by atoms with van der Waals surface area (Å²) in [4.78, 5) is 10.8. The molecule has 136 valence electrons. The maximum Gasteiger partial charge on any atom is 0.153 e. The van der Waals surface area contributed by atoms with Crippen molar-refractivity contribution in [2.75, 3.05) is 39.3 Å². The summed E-state index contributed by atoms with van der Waals surface area (Å²) in [6, 6.07) is 0. The van der Waals surface area contributed by atoms with Gasteiger partial charge in [0.05, 0.1) is 26.2 Å². The molecule has 0 fully saturated rings. The third-order valence-electron chi connectivity index (χ3n) is 3.76. The molecule has 2 N–H and O–H groups in total. The molecule has 2 aliphatic rings. The van der Waals surface area contributed by atoms with Crippen molar-refractivity contribution in [2.45, 2.75) is 38.8 Å². The lowest BCUT2D eigenvalue weighted by Gasteiger charge is -2.29. The van der Waals surface area contributed by atoms with Crippen LogP contribution in [0.1, 0.15) is 27.7 Å². The van der Waals surface area contributed by atoms with E-state index in [2.05, 4.69) is 33.4 Å². The summed E-state index contributed by atoms with van der Waals surface area (Å²) >= 11 is 0. The molecule has 8 nitrogen and oxygen atoms in total. The highest BCUT2D eigenvalue weighted by atomic mass is 16.5. The minimum atomic E-state index is -0.691. The van der Waals surface area contributed by atoms with Crippen LogP contribution in [0.15, 0.2) is 33.4 Å². The first-order valence-electron chi connectivity index (χ1n) is 8.14. The van der Waals surface area contributed by atoms with Gasteiger partial charge in [-0.25, -0.2) is 5.06 Å². The fraction of sp³-hybridized carbons (Fsp3) is 0.750. The Kier molecular flexibility index (Phi) is 7.04. The molecule has 0 unspecified atom stereocenters. The van der Waals surface area contributed by atoms with E-state index < -0.39 is 11.1 Å². The van der Waals surface area contributed by atoms with Crippen molar-refractivity contribution in [1.29, 1.82) is 0 Å². The van der Waals surface area contributed by atoms with Crippen LogP contribution < -0.4 is 0 Å². The van der Waals surface area contributed by atoms with Gasteiger partial charge in [0.25, 0.3) is 0 Å². The molecular formula is C16H30N6O2. The van der Waals surface area contributed by atoms with Gasteiger partial charge in [0, 0.05) is 13.1 Å². The van der Waals surface area contributed by atoms with E-state index in [1.165, 1.54) is 0 Å². The number of aliphatic hydroxyl groups is 1. The first-order chi connectivity index (χ1) is 11.3. The molecule has 0 aliphatic carbocycles. The number of hydrogen-bond acceptors (Lipinski definition) is 8. The third kappa shape index (κ3) is 4.61. The number of nitrogens with zero attached hydrogens (tertiary/aromatic N) is 6. The molecule has 0 spiro atoms. The van der Waals surface area contributed by atoms with Gasteiger partial charge in [0.1, 0.15) is 16.9 Å². The average molecular weight is 338 g/mol. The largest absolute Gasteiger partial charge is 0.395 e. The van der Waals surface area contributed by atoms with Crippen LogP contribution in [0.4, 0.5) is 0 Å². The van der Waals surface area contributed by atoms with Gasteiger partial charge in [0.15, 0.2) is 5.84 Å². The van der Waals surface area contributed by atoms with E-state index in [1.807, 2.05) is 32.6 Å². The van der Waals surface area contributed by atoms with Crippen LogP contribution in [0.2, 0.25) is 0 Å². The zero-order chi connectivity index (χ0) is 18.4. The first-order valence-corrected chi connectivity index (χ1v) is 8.14. The molecule has 0 saturated heterocycles. The van der Waals surface area contributed by atoms with Crippen molar-refractivity contribution in [1.82, 2.24) is 9.96 Å². The second kappa shape index (κ2) is 8.34. The number of hydrogen-bond donors (Lipinski definition) is 2. The van der Waals surface area contributed by atoms with Crippen molar-refractivity contribution in [3.8, 4) is 0 Å². The molecule has 8 heteroatoms. The number of rotatable bonds is 6. The Hall–Kier alpha value is -1.80. The zero-order valence-corrected chi connectivity index (χ0v) is 15.2. The number of azo groups is 1. The van der Waals surface area contributed by atoms with Crippen molar-refractivity contribution >= 4 is 11.7 Å². The third-order valence-corrected chi connectivity index (χ3v) is 3.76. The van der Waals surface area contributed by atoms with E-state index >= 15 is 0 Å². The molecule has 2 heterocycles. The normalized spacial score (nSPS) is 18.6. The molecule has 0 bridgehead atoms. The summed E-state index contributed by atoms with van der Waals surface area (Å²) in [5.41, 5.74) is -1.27. The van der Waals surface area contributed by atoms with Gasteiger partial charge in [-0.3, -0.25) is 15.2 Å². The number of aliphatic hydroxyl groups excluding tert-OH is 1. The smallest absolute Gasteiger partial charge is 0.153 e. The second-order valence-corrected chi connectivity index (χ2v) is 6.56. The van der Waals surface area contributed by atoms with Crippen molar-refractivity contribution in [3.63, 3.8) is 0 Å². The predicted molar refractivity (Wildman–Crippen MR) is 96.0 cm³/mol. The Labute approximate surface area is 144 Å².